The summed E-state index contributed by atoms with van der Waals surface area (Å²) in [6, 6.07) is 5.03. The molecule has 6 heteroatoms. The summed E-state index contributed by atoms with van der Waals surface area (Å²) in [7, 11) is 3.12. The van der Waals surface area contributed by atoms with Crippen LogP contribution in [-0.2, 0) is 6.54 Å². The van der Waals surface area contributed by atoms with E-state index in [9.17, 15) is 8.78 Å². The van der Waals surface area contributed by atoms with Gasteiger partial charge in [0.05, 0.1) is 13.7 Å². The summed E-state index contributed by atoms with van der Waals surface area (Å²) in [6.45, 7) is 0.00207. The number of alkyl halides is 2. The van der Waals surface area contributed by atoms with Crippen LogP contribution >= 0.6 is 0 Å². The molecule has 0 spiro atoms. The Hall–Kier alpha value is -1.69. The number of methoxy groups -OCH3 is 1. The molecule has 3 N–H and O–H groups in total. The number of nitrogens with one attached hydrogen (secondary N) is 1. The molecule has 0 amide bonds. The molecule has 0 unspecified atom stereocenters. The Balaban J connectivity index is 2.90. The Bertz CT molecular complexity index is 424. The molecule has 4 nitrogen and oxygen atoms in total. The molecule has 0 saturated heterocycles. The molecular formula is C12H17F2N3O. The Morgan fingerprint density at radius 1 is 1.50 bits per heavy atom. The van der Waals surface area contributed by atoms with Gasteiger partial charge in [-0.3, -0.25) is 10.3 Å². The van der Waals surface area contributed by atoms with Crippen molar-refractivity contribution in [3.63, 3.8) is 0 Å². The van der Waals surface area contributed by atoms with Crippen molar-refractivity contribution in [1.29, 1.82) is 5.41 Å². The summed E-state index contributed by atoms with van der Waals surface area (Å²) < 4.78 is 29.7. The van der Waals surface area contributed by atoms with Crippen LogP contribution in [0.15, 0.2) is 18.2 Å². The highest BCUT2D eigenvalue weighted by Gasteiger charge is 2.12. The summed E-state index contributed by atoms with van der Waals surface area (Å²) in [5.41, 5.74) is 6.68. The average molecular weight is 257 g/mol. The number of benzene rings is 1. The zero-order valence-electron chi connectivity index (χ0n) is 10.4. The molecule has 0 saturated carbocycles. The van der Waals surface area contributed by atoms with Crippen LogP contribution in [0, 0.1) is 5.41 Å². The van der Waals surface area contributed by atoms with Gasteiger partial charge in [-0.05, 0) is 25.2 Å². The normalized spacial score (nSPS) is 11.0. The first-order valence-corrected chi connectivity index (χ1v) is 5.42. The van der Waals surface area contributed by atoms with E-state index in [1.54, 1.807) is 25.2 Å². The highest BCUT2D eigenvalue weighted by atomic mass is 19.3. The number of nitrogens with two attached hydrogens (primary N) is 1. The van der Waals surface area contributed by atoms with Crippen molar-refractivity contribution in [3.8, 4) is 5.75 Å². The molecule has 1 rings (SSSR count). The molecule has 0 aliphatic carbocycles. The van der Waals surface area contributed by atoms with Crippen LogP contribution < -0.4 is 10.5 Å². The fraction of sp³-hybridized carbons (Fsp3) is 0.417. The molecule has 1 aromatic carbocycles. The first-order valence-electron chi connectivity index (χ1n) is 5.42. The molecule has 18 heavy (non-hydrogen) atoms. The average Bonchev–Trinajstić information content (AvgIpc) is 2.27. The number of hydrogen-bond donors (Lipinski definition) is 2. The lowest BCUT2D eigenvalue weighted by Crippen LogP contribution is -2.24. The Morgan fingerprint density at radius 3 is 2.67 bits per heavy atom. The Kier molecular flexibility index (Phi) is 5.03. The van der Waals surface area contributed by atoms with Crippen LogP contribution in [0.2, 0.25) is 0 Å². The quantitative estimate of drug-likeness (QED) is 0.602. The van der Waals surface area contributed by atoms with Crippen molar-refractivity contribution >= 4 is 5.84 Å². The second kappa shape index (κ2) is 6.30. The van der Waals surface area contributed by atoms with Gasteiger partial charge in [0.2, 0.25) is 0 Å². The van der Waals surface area contributed by atoms with E-state index in [0.29, 0.717) is 17.9 Å². The van der Waals surface area contributed by atoms with Crippen molar-refractivity contribution in [2.75, 3.05) is 20.7 Å². The minimum atomic E-state index is -2.38. The summed E-state index contributed by atoms with van der Waals surface area (Å²) in [5, 5.41) is 7.36. The molecule has 0 aromatic heterocycles. The van der Waals surface area contributed by atoms with Crippen molar-refractivity contribution in [2.24, 2.45) is 5.73 Å². The first kappa shape index (κ1) is 14.4. The van der Waals surface area contributed by atoms with Gasteiger partial charge in [0.15, 0.2) is 0 Å². The van der Waals surface area contributed by atoms with Gasteiger partial charge >= 0.3 is 0 Å². The van der Waals surface area contributed by atoms with Crippen LogP contribution in [0.25, 0.3) is 0 Å². The number of ether oxygens (including phenoxy) is 1. The summed E-state index contributed by atoms with van der Waals surface area (Å²) >= 11 is 0. The molecule has 0 radical (unpaired) electrons. The van der Waals surface area contributed by atoms with Crippen LogP contribution in [-0.4, -0.2) is 37.9 Å². The lowest BCUT2D eigenvalue weighted by Gasteiger charge is -2.18. The molecule has 0 aliphatic heterocycles. The molecule has 0 fully saturated rings. The Labute approximate surface area is 105 Å². The van der Waals surface area contributed by atoms with E-state index in [2.05, 4.69) is 0 Å². The van der Waals surface area contributed by atoms with Gasteiger partial charge in [0.1, 0.15) is 11.6 Å². The number of halogens is 2. The zero-order chi connectivity index (χ0) is 13.7. The topological polar surface area (TPSA) is 62.3 Å². The molecule has 1 aromatic rings. The highest BCUT2D eigenvalue weighted by molar-refractivity contribution is 5.95. The van der Waals surface area contributed by atoms with Gasteiger partial charge in [0, 0.05) is 17.7 Å². The van der Waals surface area contributed by atoms with E-state index >= 15 is 0 Å². The van der Waals surface area contributed by atoms with Crippen LogP contribution in [0.3, 0.4) is 0 Å². The van der Waals surface area contributed by atoms with Gasteiger partial charge in [-0.15, -0.1) is 0 Å². The second-order valence-electron chi connectivity index (χ2n) is 4.03. The molecule has 0 atom stereocenters. The molecule has 0 aliphatic rings. The van der Waals surface area contributed by atoms with E-state index in [0.717, 1.165) is 5.56 Å². The van der Waals surface area contributed by atoms with Crippen molar-refractivity contribution in [1.82, 2.24) is 4.90 Å². The summed E-state index contributed by atoms with van der Waals surface area (Å²) in [4.78, 5) is 1.49. The van der Waals surface area contributed by atoms with Gasteiger partial charge in [0.25, 0.3) is 6.43 Å². The SMILES string of the molecule is COc1ccc(C(=N)N)cc1CN(C)CC(F)F. The fourth-order valence-electron chi connectivity index (χ4n) is 1.66. The summed E-state index contributed by atoms with van der Waals surface area (Å²) in [6.07, 6.45) is -2.38. The van der Waals surface area contributed by atoms with Gasteiger partial charge in [-0.25, -0.2) is 8.78 Å². The van der Waals surface area contributed by atoms with Gasteiger partial charge < -0.3 is 10.5 Å². The molecule has 100 valence electrons. The third-order valence-electron chi connectivity index (χ3n) is 2.48. The number of hydrogen-bond acceptors (Lipinski definition) is 3. The summed E-state index contributed by atoms with van der Waals surface area (Å²) in [5.74, 6) is 0.538. The van der Waals surface area contributed by atoms with Gasteiger partial charge in [-0.1, -0.05) is 0 Å². The van der Waals surface area contributed by atoms with E-state index < -0.39 is 6.43 Å². The third-order valence-corrected chi connectivity index (χ3v) is 2.48. The number of nitrogen functional groups attached to an aromatic ring is 1. The van der Waals surface area contributed by atoms with E-state index in [1.165, 1.54) is 12.0 Å². The number of amidine groups is 1. The van der Waals surface area contributed by atoms with Crippen molar-refractivity contribution < 1.29 is 13.5 Å². The third kappa shape index (κ3) is 3.96. The van der Waals surface area contributed by atoms with E-state index in [-0.39, 0.29) is 12.4 Å². The van der Waals surface area contributed by atoms with Crippen molar-refractivity contribution in [3.05, 3.63) is 29.3 Å². The molecule has 0 heterocycles. The first-order chi connectivity index (χ1) is 8.43. The maximum atomic E-state index is 12.3. The monoisotopic (exact) mass is 257 g/mol. The maximum absolute atomic E-state index is 12.3. The predicted molar refractivity (Wildman–Crippen MR) is 66.3 cm³/mol. The van der Waals surface area contributed by atoms with E-state index in [4.69, 9.17) is 15.9 Å². The fourth-order valence-corrected chi connectivity index (χ4v) is 1.66. The number of rotatable bonds is 6. The standard InChI is InChI=1S/C12H17F2N3O/c1-17(7-11(13)14)6-9-5-8(12(15)16)3-4-10(9)18-2/h3-5,11H,6-7H2,1-2H3,(H3,15,16). The molecular weight excluding hydrogens is 240 g/mol. The molecule has 0 bridgehead atoms. The lowest BCUT2D eigenvalue weighted by molar-refractivity contribution is 0.0972. The minimum absolute atomic E-state index is 0.0598. The van der Waals surface area contributed by atoms with Crippen LogP contribution in [0.4, 0.5) is 8.78 Å². The maximum Gasteiger partial charge on any atom is 0.251 e. The van der Waals surface area contributed by atoms with Crippen molar-refractivity contribution in [2.45, 2.75) is 13.0 Å². The van der Waals surface area contributed by atoms with Crippen LogP contribution in [0.5, 0.6) is 5.75 Å². The minimum Gasteiger partial charge on any atom is -0.496 e. The largest absolute Gasteiger partial charge is 0.496 e. The lowest BCUT2D eigenvalue weighted by atomic mass is 10.1. The van der Waals surface area contributed by atoms with Crippen LogP contribution in [0.1, 0.15) is 11.1 Å². The predicted octanol–water partition coefficient (Wildman–Crippen LogP) is 1.68. The highest BCUT2D eigenvalue weighted by Crippen LogP contribution is 2.21. The smallest absolute Gasteiger partial charge is 0.251 e. The van der Waals surface area contributed by atoms with E-state index in [1.807, 2.05) is 0 Å². The Morgan fingerprint density at radius 2 is 2.17 bits per heavy atom. The van der Waals surface area contributed by atoms with Gasteiger partial charge in [-0.2, -0.15) is 0 Å². The zero-order valence-corrected chi connectivity index (χ0v) is 10.4. The number of nitrogens with zero attached hydrogens (tertiary/aromatic N) is 1. The second-order valence-corrected chi connectivity index (χ2v) is 4.03.